The summed E-state index contributed by atoms with van der Waals surface area (Å²) in [6, 6.07) is -0.462. The van der Waals surface area contributed by atoms with Crippen molar-refractivity contribution >= 4 is 30.6 Å². The summed E-state index contributed by atoms with van der Waals surface area (Å²) in [5.74, 6) is 0.164. The molecule has 1 aliphatic heterocycles. The molecular weight excluding hydrogens is 407 g/mol. The van der Waals surface area contributed by atoms with E-state index in [4.69, 9.17) is 9.26 Å². The summed E-state index contributed by atoms with van der Waals surface area (Å²) < 4.78 is 23.6. The third-order valence-corrected chi connectivity index (χ3v) is 5.73. The molecule has 2 unspecified atom stereocenters. The van der Waals surface area contributed by atoms with E-state index in [1.807, 2.05) is 0 Å². The Kier molecular flexibility index (Phi) is 6.46. The third-order valence-electron chi connectivity index (χ3n) is 4.38. The Labute approximate surface area is 165 Å². The Morgan fingerprint density at radius 3 is 2.76 bits per heavy atom. The van der Waals surface area contributed by atoms with Crippen molar-refractivity contribution in [2.24, 2.45) is 0 Å². The first kappa shape index (κ1) is 21.6. The molecule has 0 saturated carbocycles. The molecule has 0 bridgehead atoms. The van der Waals surface area contributed by atoms with E-state index < -0.39 is 38.2 Å². The molecule has 2 aromatic heterocycles. The van der Waals surface area contributed by atoms with Crippen molar-refractivity contribution in [3.05, 3.63) is 12.7 Å². The fourth-order valence-electron chi connectivity index (χ4n) is 2.82. The highest BCUT2D eigenvalue weighted by Gasteiger charge is 2.45. The first-order valence-electron chi connectivity index (χ1n) is 8.97. The Bertz CT molecular complexity index is 924. The average molecular weight is 430 g/mol. The Morgan fingerprint density at radius 1 is 1.31 bits per heavy atom. The number of rotatable bonds is 7. The molecule has 29 heavy (non-hydrogen) atoms. The summed E-state index contributed by atoms with van der Waals surface area (Å²) in [5.41, 5.74) is 0.514. The topological polar surface area (TPSA) is 181 Å². The van der Waals surface area contributed by atoms with Gasteiger partial charge in [-0.3, -0.25) is 14.4 Å². The van der Waals surface area contributed by atoms with Gasteiger partial charge in [0.1, 0.15) is 24.6 Å². The van der Waals surface area contributed by atoms with Crippen LogP contribution in [-0.4, -0.2) is 78.3 Å². The minimum absolute atomic E-state index is 0.0910. The number of hydrogen-bond donors (Lipinski definition) is 5. The van der Waals surface area contributed by atoms with Crippen molar-refractivity contribution in [3.8, 4) is 0 Å². The van der Waals surface area contributed by atoms with Gasteiger partial charge in [-0.05, 0) is 6.92 Å². The van der Waals surface area contributed by atoms with Gasteiger partial charge in [-0.1, -0.05) is 6.92 Å². The van der Waals surface area contributed by atoms with E-state index in [0.29, 0.717) is 6.54 Å². The van der Waals surface area contributed by atoms with Crippen molar-refractivity contribution < 1.29 is 33.7 Å². The molecular formula is C15H23N6O7P. The average Bonchev–Trinajstić information content (AvgIpc) is 3.23. The molecule has 1 fully saturated rings. The molecule has 5 N–H and O–H groups in total. The van der Waals surface area contributed by atoms with E-state index in [2.05, 4.69) is 25.6 Å². The van der Waals surface area contributed by atoms with Gasteiger partial charge in [0.25, 0.3) is 0 Å². The number of hydrogen-bond acceptors (Lipinski definition) is 9. The number of ether oxygens (including phenoxy) is 1. The lowest BCUT2D eigenvalue weighted by atomic mass is 10.1. The largest absolute Gasteiger partial charge is 0.387 e. The van der Waals surface area contributed by atoms with E-state index in [1.165, 1.54) is 24.1 Å². The van der Waals surface area contributed by atoms with Crippen LogP contribution in [0.25, 0.3) is 11.2 Å². The molecule has 0 aliphatic carbocycles. The predicted octanol–water partition coefficient (Wildman–Crippen LogP) is -0.191. The highest BCUT2D eigenvalue weighted by molar-refractivity contribution is 7.52. The lowest BCUT2D eigenvalue weighted by molar-refractivity contribution is -0.0484. The molecule has 160 valence electrons. The van der Waals surface area contributed by atoms with Crippen molar-refractivity contribution in [1.82, 2.24) is 24.8 Å². The van der Waals surface area contributed by atoms with E-state index in [1.54, 1.807) is 6.92 Å². The predicted molar refractivity (Wildman–Crippen MR) is 100 cm³/mol. The second-order valence-electron chi connectivity index (χ2n) is 6.33. The zero-order valence-corrected chi connectivity index (χ0v) is 16.7. The number of anilines is 1. The maximum Gasteiger partial charge on any atom is 0.327 e. The number of imidazole rings is 1. The van der Waals surface area contributed by atoms with Gasteiger partial charge in [0.2, 0.25) is 0 Å². The third kappa shape index (κ3) is 4.55. The van der Waals surface area contributed by atoms with Gasteiger partial charge in [-0.15, -0.1) is 0 Å². The lowest BCUT2D eigenvalue weighted by Crippen LogP contribution is -2.33. The normalized spacial score (nSPS) is 26.4. The summed E-state index contributed by atoms with van der Waals surface area (Å²) in [5, 5.41) is 25.8. The number of aliphatic hydroxyl groups is 2. The number of fused-ring (bicyclic) bond motifs is 1. The standard InChI is InChI=1S/C15H23N6O7P/c1-3-16-15(24)20-12-9-13(18-6-17-12)21(7-19-9)14-11(23)10(22)8(28-14)5-27-29(25,26)4-2/h6-8,10-11,14,22-23H,3-5H2,1-2H3,(H,25,26)(H2,16,17,18,20,24)/t8-,10?,11+,14-/m1/s1. The SMILES string of the molecule is CCNC(=O)Nc1ncnc2c1ncn2[C@@H]1O[C@H](COP(=O)(O)CC)C(O)[C@@H]1O. The number of carbonyl (C=O) groups is 1. The zero-order chi connectivity index (χ0) is 21.2. The Morgan fingerprint density at radius 2 is 2.07 bits per heavy atom. The van der Waals surface area contributed by atoms with Crippen molar-refractivity contribution in [2.75, 3.05) is 24.6 Å². The van der Waals surface area contributed by atoms with Crippen molar-refractivity contribution in [3.63, 3.8) is 0 Å². The molecule has 0 spiro atoms. The van der Waals surface area contributed by atoms with Gasteiger partial charge in [-0.25, -0.2) is 19.7 Å². The van der Waals surface area contributed by atoms with Crippen LogP contribution >= 0.6 is 7.60 Å². The molecule has 14 heteroatoms. The minimum Gasteiger partial charge on any atom is -0.387 e. The van der Waals surface area contributed by atoms with E-state index >= 15 is 0 Å². The highest BCUT2D eigenvalue weighted by atomic mass is 31.2. The number of aliphatic hydroxyl groups excluding tert-OH is 2. The molecule has 1 saturated heterocycles. The Hall–Kier alpha value is -2.15. The summed E-state index contributed by atoms with van der Waals surface area (Å²) in [7, 11) is -3.78. The van der Waals surface area contributed by atoms with Gasteiger partial charge in [0.05, 0.1) is 12.9 Å². The summed E-state index contributed by atoms with van der Waals surface area (Å²) in [6.07, 6.45) is -2.38. The minimum atomic E-state index is -3.78. The number of nitrogens with zero attached hydrogens (tertiary/aromatic N) is 4. The van der Waals surface area contributed by atoms with Gasteiger partial charge >= 0.3 is 13.6 Å². The first-order chi connectivity index (χ1) is 13.8. The van der Waals surface area contributed by atoms with E-state index in [9.17, 15) is 24.5 Å². The van der Waals surface area contributed by atoms with Crippen LogP contribution in [0.1, 0.15) is 20.1 Å². The van der Waals surface area contributed by atoms with Crippen LogP contribution in [0.2, 0.25) is 0 Å². The fraction of sp³-hybridized carbons (Fsp3) is 0.600. The summed E-state index contributed by atoms with van der Waals surface area (Å²) in [4.78, 5) is 33.6. The zero-order valence-electron chi connectivity index (χ0n) is 15.8. The number of carbonyl (C=O) groups excluding carboxylic acids is 1. The van der Waals surface area contributed by atoms with Crippen LogP contribution in [0.3, 0.4) is 0 Å². The molecule has 5 atom stereocenters. The van der Waals surface area contributed by atoms with E-state index in [0.717, 1.165) is 0 Å². The summed E-state index contributed by atoms with van der Waals surface area (Å²) in [6.45, 7) is 3.32. The van der Waals surface area contributed by atoms with Crippen molar-refractivity contribution in [1.29, 1.82) is 0 Å². The maximum absolute atomic E-state index is 11.8. The molecule has 2 amide bonds. The van der Waals surface area contributed by atoms with E-state index in [-0.39, 0.29) is 29.8 Å². The van der Waals surface area contributed by atoms with Gasteiger partial charge < -0.3 is 29.7 Å². The smallest absolute Gasteiger partial charge is 0.327 e. The molecule has 13 nitrogen and oxygen atoms in total. The number of urea groups is 1. The van der Waals surface area contributed by atoms with Crippen LogP contribution in [0.4, 0.5) is 10.6 Å². The lowest BCUT2D eigenvalue weighted by Gasteiger charge is -2.17. The number of aromatic nitrogens is 4. The van der Waals surface area contributed by atoms with Crippen LogP contribution in [0, 0.1) is 0 Å². The summed E-state index contributed by atoms with van der Waals surface area (Å²) >= 11 is 0. The molecule has 1 aliphatic rings. The van der Waals surface area contributed by atoms with Gasteiger partial charge in [0, 0.05) is 12.7 Å². The van der Waals surface area contributed by atoms with Crippen LogP contribution in [0.5, 0.6) is 0 Å². The van der Waals surface area contributed by atoms with Crippen molar-refractivity contribution in [2.45, 2.75) is 38.4 Å². The van der Waals surface area contributed by atoms with Crippen LogP contribution < -0.4 is 10.6 Å². The molecule has 3 rings (SSSR count). The van der Waals surface area contributed by atoms with Gasteiger partial charge in [0.15, 0.2) is 23.2 Å². The van der Waals surface area contributed by atoms with Gasteiger partial charge in [-0.2, -0.15) is 0 Å². The first-order valence-corrected chi connectivity index (χ1v) is 10.7. The maximum atomic E-state index is 11.8. The second-order valence-corrected chi connectivity index (χ2v) is 8.49. The molecule has 2 aromatic rings. The van der Waals surface area contributed by atoms with Crippen LogP contribution in [0.15, 0.2) is 12.7 Å². The number of amides is 2. The number of nitrogens with one attached hydrogen (secondary N) is 2. The monoisotopic (exact) mass is 430 g/mol. The second kappa shape index (κ2) is 8.69. The fourth-order valence-corrected chi connectivity index (χ4v) is 3.38. The Balaban J connectivity index is 1.81. The molecule has 0 aromatic carbocycles. The molecule has 0 radical (unpaired) electrons. The highest BCUT2D eigenvalue weighted by Crippen LogP contribution is 2.42. The van der Waals surface area contributed by atoms with Crippen LogP contribution in [-0.2, 0) is 13.8 Å². The molecule has 3 heterocycles. The quantitative estimate of drug-likeness (QED) is 0.369.